The number of rotatable bonds is 9. The van der Waals surface area contributed by atoms with Gasteiger partial charge in [-0.25, -0.2) is 19.7 Å². The van der Waals surface area contributed by atoms with E-state index in [1.807, 2.05) is 94.3 Å². The molecule has 3 aromatic heterocycles. The molecule has 0 fully saturated rings. The van der Waals surface area contributed by atoms with E-state index in [9.17, 15) is 4.79 Å². The maximum absolute atomic E-state index is 12.8. The van der Waals surface area contributed by atoms with Crippen molar-refractivity contribution >= 4 is 17.1 Å². The predicted molar refractivity (Wildman–Crippen MR) is 138 cm³/mol. The van der Waals surface area contributed by atoms with E-state index in [0.29, 0.717) is 23.5 Å². The van der Waals surface area contributed by atoms with Crippen molar-refractivity contribution in [2.75, 3.05) is 0 Å². The van der Waals surface area contributed by atoms with E-state index in [0.717, 1.165) is 11.1 Å². The Hall–Kier alpha value is -5.18. The van der Waals surface area contributed by atoms with E-state index in [1.54, 1.807) is 12.4 Å². The van der Waals surface area contributed by atoms with Crippen LogP contribution in [0.15, 0.2) is 121 Å². The minimum Gasteiger partial charge on any atom is -0.481 e. The molecule has 1 aliphatic rings. The Morgan fingerprint density at radius 3 is 2.13 bits per heavy atom. The van der Waals surface area contributed by atoms with Crippen molar-refractivity contribution in [2.24, 2.45) is 0 Å². The Labute approximate surface area is 218 Å². The topological polar surface area (TPSA) is 93.3 Å². The first-order valence-corrected chi connectivity index (χ1v) is 12.1. The molecule has 4 heterocycles. The number of nitrogens with zero attached hydrogens (tertiary/aromatic N) is 5. The normalized spacial score (nSPS) is 14.3. The first-order chi connectivity index (χ1) is 18.8. The maximum Gasteiger partial charge on any atom is 0.383 e. The molecule has 188 valence electrons. The predicted octanol–water partition coefficient (Wildman–Crippen LogP) is 4.70. The van der Waals surface area contributed by atoms with Gasteiger partial charge in [-0.3, -0.25) is 0 Å². The molecule has 0 unspecified atom stereocenters. The molecular weight excluding hydrogens is 482 g/mol. The fraction of sp³-hybridized carbons (Fsp3) is 0.103. The first kappa shape index (κ1) is 23.2. The third-order valence-corrected chi connectivity index (χ3v) is 5.97. The summed E-state index contributed by atoms with van der Waals surface area (Å²) in [5, 5.41) is 0. The Bertz CT molecular complexity index is 1620. The molecular formula is C29H23N5O4. The van der Waals surface area contributed by atoms with Gasteiger partial charge in [0.1, 0.15) is 19.5 Å². The van der Waals surface area contributed by atoms with E-state index in [4.69, 9.17) is 14.2 Å². The number of ether oxygens (including phenoxy) is 3. The number of esters is 1. The van der Waals surface area contributed by atoms with Gasteiger partial charge in [0, 0.05) is 18.9 Å². The molecule has 0 spiro atoms. The van der Waals surface area contributed by atoms with E-state index in [-0.39, 0.29) is 30.5 Å². The lowest BCUT2D eigenvalue weighted by Gasteiger charge is -2.10. The Morgan fingerprint density at radius 1 is 0.789 bits per heavy atom. The SMILES string of the molecule is O=C1O/C(=C\Cn2cnc3c(-n4cccc4)ncnc32)C(OCc2ccccc2)=C1OCc1ccccc1. The molecule has 0 saturated heterocycles. The number of imidazole rings is 1. The fourth-order valence-electron chi connectivity index (χ4n) is 4.10. The van der Waals surface area contributed by atoms with Crippen LogP contribution in [0.25, 0.3) is 17.0 Å². The number of carbonyl (C=O) groups excluding carboxylic acids is 1. The van der Waals surface area contributed by atoms with Crippen LogP contribution in [0, 0.1) is 0 Å². The lowest BCUT2D eigenvalue weighted by atomic mass is 10.2. The molecule has 38 heavy (non-hydrogen) atoms. The van der Waals surface area contributed by atoms with Crippen LogP contribution in [-0.2, 0) is 38.8 Å². The van der Waals surface area contributed by atoms with Crippen LogP contribution in [0.4, 0.5) is 0 Å². The van der Waals surface area contributed by atoms with Crippen molar-refractivity contribution in [2.45, 2.75) is 19.8 Å². The molecule has 0 saturated carbocycles. The van der Waals surface area contributed by atoms with Gasteiger partial charge in [0.15, 0.2) is 22.7 Å². The highest BCUT2D eigenvalue weighted by molar-refractivity contribution is 5.91. The molecule has 0 aliphatic carbocycles. The van der Waals surface area contributed by atoms with Gasteiger partial charge in [0.2, 0.25) is 5.76 Å². The smallest absolute Gasteiger partial charge is 0.383 e. The van der Waals surface area contributed by atoms with E-state index in [1.165, 1.54) is 6.33 Å². The number of fused-ring (bicyclic) bond motifs is 1. The van der Waals surface area contributed by atoms with Crippen molar-refractivity contribution < 1.29 is 19.0 Å². The van der Waals surface area contributed by atoms with Crippen LogP contribution in [-0.4, -0.2) is 30.1 Å². The van der Waals surface area contributed by atoms with Crippen molar-refractivity contribution in [1.29, 1.82) is 0 Å². The fourth-order valence-corrected chi connectivity index (χ4v) is 4.10. The highest BCUT2D eigenvalue weighted by Crippen LogP contribution is 2.30. The Balaban J connectivity index is 1.28. The summed E-state index contributed by atoms with van der Waals surface area (Å²) in [6.07, 6.45) is 8.75. The number of hydrogen-bond acceptors (Lipinski definition) is 7. The molecule has 0 N–H and O–H groups in total. The highest BCUT2D eigenvalue weighted by atomic mass is 16.6. The van der Waals surface area contributed by atoms with Crippen LogP contribution in [0.2, 0.25) is 0 Å². The molecule has 6 rings (SSSR count). The van der Waals surface area contributed by atoms with Crippen LogP contribution < -0.4 is 0 Å². The minimum atomic E-state index is -0.594. The Kier molecular flexibility index (Phi) is 6.38. The number of cyclic esters (lactones) is 1. The standard InChI is InChI=1S/C29H23N5O4/c35-29-26(37-18-22-11-5-2-6-12-22)25(36-17-21-9-3-1-4-10-21)23(38-29)13-16-34-20-32-24-27(30-19-31-28(24)34)33-14-7-8-15-33/h1-15,19-20H,16-18H2/b23-13-. The Morgan fingerprint density at radius 2 is 1.45 bits per heavy atom. The molecule has 2 aromatic carbocycles. The summed E-state index contributed by atoms with van der Waals surface area (Å²) < 4.78 is 21.3. The van der Waals surface area contributed by atoms with Gasteiger partial charge >= 0.3 is 5.97 Å². The zero-order valence-corrected chi connectivity index (χ0v) is 20.3. The van der Waals surface area contributed by atoms with E-state index < -0.39 is 5.97 Å². The van der Waals surface area contributed by atoms with Gasteiger partial charge in [-0.1, -0.05) is 60.7 Å². The second kappa shape index (κ2) is 10.4. The number of carbonyl (C=O) groups is 1. The highest BCUT2D eigenvalue weighted by Gasteiger charge is 2.34. The summed E-state index contributed by atoms with van der Waals surface area (Å²) in [7, 11) is 0. The van der Waals surface area contributed by atoms with Gasteiger partial charge in [-0.2, -0.15) is 0 Å². The summed E-state index contributed by atoms with van der Waals surface area (Å²) in [6.45, 7) is 0.803. The second-order valence-electron chi connectivity index (χ2n) is 8.52. The molecule has 0 radical (unpaired) electrons. The molecule has 5 aromatic rings. The average molecular weight is 506 g/mol. The van der Waals surface area contributed by atoms with Gasteiger partial charge in [-0.15, -0.1) is 0 Å². The van der Waals surface area contributed by atoms with Crippen LogP contribution in [0.3, 0.4) is 0 Å². The quantitative estimate of drug-likeness (QED) is 0.268. The van der Waals surface area contributed by atoms with Crippen molar-refractivity contribution in [1.82, 2.24) is 24.1 Å². The zero-order valence-electron chi connectivity index (χ0n) is 20.3. The van der Waals surface area contributed by atoms with Crippen LogP contribution >= 0.6 is 0 Å². The van der Waals surface area contributed by atoms with Crippen molar-refractivity contribution in [3.05, 3.63) is 132 Å². The van der Waals surface area contributed by atoms with Gasteiger partial charge < -0.3 is 23.3 Å². The van der Waals surface area contributed by atoms with Crippen LogP contribution in [0.1, 0.15) is 11.1 Å². The third kappa shape index (κ3) is 4.77. The number of hydrogen-bond donors (Lipinski definition) is 0. The largest absolute Gasteiger partial charge is 0.481 e. The average Bonchev–Trinajstić information content (AvgIpc) is 3.70. The maximum atomic E-state index is 12.8. The van der Waals surface area contributed by atoms with Crippen LogP contribution in [0.5, 0.6) is 0 Å². The lowest BCUT2D eigenvalue weighted by Crippen LogP contribution is -2.04. The monoisotopic (exact) mass is 505 g/mol. The molecule has 0 amide bonds. The summed E-state index contributed by atoms with van der Waals surface area (Å²) in [4.78, 5) is 26.1. The third-order valence-electron chi connectivity index (χ3n) is 5.97. The molecule has 9 nitrogen and oxygen atoms in total. The molecule has 0 atom stereocenters. The summed E-state index contributed by atoms with van der Waals surface area (Å²) in [5.74, 6) is 0.686. The first-order valence-electron chi connectivity index (χ1n) is 12.1. The molecule has 1 aliphatic heterocycles. The summed E-state index contributed by atoms with van der Waals surface area (Å²) in [6, 6.07) is 23.2. The molecule has 9 heteroatoms. The van der Waals surface area contributed by atoms with E-state index >= 15 is 0 Å². The summed E-state index contributed by atoms with van der Waals surface area (Å²) >= 11 is 0. The second-order valence-corrected chi connectivity index (χ2v) is 8.52. The van der Waals surface area contributed by atoms with E-state index in [2.05, 4.69) is 15.0 Å². The lowest BCUT2D eigenvalue weighted by molar-refractivity contribution is -0.136. The minimum absolute atomic E-state index is 0.0451. The number of allylic oxidation sites excluding steroid dienone is 1. The number of benzene rings is 2. The van der Waals surface area contributed by atoms with Crippen molar-refractivity contribution in [3.63, 3.8) is 0 Å². The molecule has 0 bridgehead atoms. The van der Waals surface area contributed by atoms with Gasteiger partial charge in [0.25, 0.3) is 5.76 Å². The summed E-state index contributed by atoms with van der Waals surface area (Å²) in [5.41, 5.74) is 3.20. The zero-order chi connectivity index (χ0) is 25.7. The number of aromatic nitrogens is 5. The van der Waals surface area contributed by atoms with Gasteiger partial charge in [0.05, 0.1) is 6.33 Å². The van der Waals surface area contributed by atoms with Crippen molar-refractivity contribution in [3.8, 4) is 5.82 Å². The van der Waals surface area contributed by atoms with Gasteiger partial charge in [-0.05, 0) is 29.3 Å².